The summed E-state index contributed by atoms with van der Waals surface area (Å²) >= 11 is 0. The van der Waals surface area contributed by atoms with Gasteiger partial charge in [0.15, 0.2) is 0 Å². The predicted molar refractivity (Wildman–Crippen MR) is 84.6 cm³/mol. The molecule has 20 heavy (non-hydrogen) atoms. The van der Waals surface area contributed by atoms with Crippen molar-refractivity contribution in [1.82, 2.24) is 0 Å². The molecule has 0 saturated carbocycles. The van der Waals surface area contributed by atoms with Gasteiger partial charge in [0.2, 0.25) is 0 Å². The SMILES string of the molecule is CO[C@H]([C@H](C)CO)[C@@H](C)/C=C(\C)[C@H](O)[C@@H](C)C=C(C)C. The van der Waals surface area contributed by atoms with Crippen LogP contribution in [0.1, 0.15) is 41.5 Å². The van der Waals surface area contributed by atoms with Crippen LogP contribution in [0.25, 0.3) is 0 Å². The van der Waals surface area contributed by atoms with Crippen molar-refractivity contribution in [3.63, 3.8) is 0 Å². The summed E-state index contributed by atoms with van der Waals surface area (Å²) in [4.78, 5) is 0. The van der Waals surface area contributed by atoms with E-state index >= 15 is 0 Å². The summed E-state index contributed by atoms with van der Waals surface area (Å²) in [7, 11) is 1.67. The second kappa shape index (κ2) is 9.32. The fraction of sp³-hybridized carbons (Fsp3) is 0.765. The number of allylic oxidation sites excluding steroid dienone is 1. The molecule has 3 heteroatoms. The molecule has 0 aromatic carbocycles. The van der Waals surface area contributed by atoms with Crippen LogP contribution in [0.15, 0.2) is 23.3 Å². The van der Waals surface area contributed by atoms with Gasteiger partial charge >= 0.3 is 0 Å². The van der Waals surface area contributed by atoms with E-state index in [2.05, 4.69) is 19.1 Å². The first kappa shape index (κ1) is 19.4. The first-order valence-electron chi connectivity index (χ1n) is 7.39. The normalized spacial score (nSPS) is 19.9. The summed E-state index contributed by atoms with van der Waals surface area (Å²) in [6.07, 6.45) is 3.62. The number of ether oxygens (including phenoxy) is 1. The lowest BCUT2D eigenvalue weighted by Gasteiger charge is -2.27. The molecule has 0 bridgehead atoms. The molecule has 0 heterocycles. The van der Waals surface area contributed by atoms with E-state index in [9.17, 15) is 10.2 Å². The Morgan fingerprint density at radius 3 is 2.00 bits per heavy atom. The molecule has 0 saturated heterocycles. The number of rotatable bonds is 8. The van der Waals surface area contributed by atoms with Crippen LogP contribution < -0.4 is 0 Å². The molecule has 0 amide bonds. The van der Waals surface area contributed by atoms with Crippen molar-refractivity contribution in [2.45, 2.75) is 53.8 Å². The molecule has 0 aliphatic carbocycles. The van der Waals surface area contributed by atoms with Crippen LogP contribution >= 0.6 is 0 Å². The molecule has 2 N–H and O–H groups in total. The average Bonchev–Trinajstić information content (AvgIpc) is 2.37. The Labute approximate surface area is 124 Å². The van der Waals surface area contributed by atoms with Crippen LogP contribution in [0.2, 0.25) is 0 Å². The lowest BCUT2D eigenvalue weighted by atomic mass is 9.89. The first-order chi connectivity index (χ1) is 9.24. The lowest BCUT2D eigenvalue weighted by Crippen LogP contribution is -2.30. The van der Waals surface area contributed by atoms with Crippen LogP contribution in [0.5, 0.6) is 0 Å². The third-order valence-electron chi connectivity index (χ3n) is 3.73. The third kappa shape index (κ3) is 6.21. The van der Waals surface area contributed by atoms with Gasteiger partial charge in [0.25, 0.3) is 0 Å². The average molecular weight is 284 g/mol. The zero-order valence-electron chi connectivity index (χ0n) is 14.1. The van der Waals surface area contributed by atoms with E-state index in [1.807, 2.05) is 34.6 Å². The summed E-state index contributed by atoms with van der Waals surface area (Å²) in [5.74, 6) is 0.321. The van der Waals surface area contributed by atoms with Crippen LogP contribution in [0, 0.1) is 17.8 Å². The summed E-state index contributed by atoms with van der Waals surface area (Å²) in [6.45, 7) is 12.2. The number of aliphatic hydroxyl groups excluding tert-OH is 2. The second-order valence-electron chi connectivity index (χ2n) is 6.18. The van der Waals surface area contributed by atoms with E-state index in [1.54, 1.807) is 7.11 Å². The van der Waals surface area contributed by atoms with Crippen molar-refractivity contribution in [1.29, 1.82) is 0 Å². The number of hydrogen-bond acceptors (Lipinski definition) is 3. The Bertz CT molecular complexity index is 329. The topological polar surface area (TPSA) is 49.7 Å². The first-order valence-corrected chi connectivity index (χ1v) is 7.39. The van der Waals surface area contributed by atoms with Gasteiger partial charge in [-0.05, 0) is 26.3 Å². The highest BCUT2D eigenvalue weighted by molar-refractivity contribution is 5.12. The van der Waals surface area contributed by atoms with Crippen LogP contribution in [-0.2, 0) is 4.74 Å². The van der Waals surface area contributed by atoms with E-state index < -0.39 is 6.10 Å². The van der Waals surface area contributed by atoms with Crippen molar-refractivity contribution < 1.29 is 14.9 Å². The highest BCUT2D eigenvalue weighted by Gasteiger charge is 2.23. The summed E-state index contributed by atoms with van der Waals surface area (Å²) in [5, 5.41) is 19.6. The number of methoxy groups -OCH3 is 1. The van der Waals surface area contributed by atoms with E-state index in [4.69, 9.17) is 4.74 Å². The highest BCUT2D eigenvalue weighted by atomic mass is 16.5. The van der Waals surface area contributed by atoms with Crippen molar-refractivity contribution in [2.24, 2.45) is 17.8 Å². The van der Waals surface area contributed by atoms with E-state index in [0.717, 1.165) is 5.57 Å². The largest absolute Gasteiger partial charge is 0.396 e. The Balaban J connectivity index is 4.89. The maximum Gasteiger partial charge on any atom is 0.0807 e. The fourth-order valence-electron chi connectivity index (χ4n) is 2.71. The molecule has 0 aromatic heterocycles. The Hall–Kier alpha value is -0.640. The summed E-state index contributed by atoms with van der Waals surface area (Å²) in [6, 6.07) is 0. The van der Waals surface area contributed by atoms with Gasteiger partial charge in [0, 0.05) is 31.5 Å². The van der Waals surface area contributed by atoms with Crippen LogP contribution in [0.3, 0.4) is 0 Å². The molecular formula is C17H32O3. The Morgan fingerprint density at radius 1 is 1.05 bits per heavy atom. The van der Waals surface area contributed by atoms with Gasteiger partial charge in [-0.1, -0.05) is 38.5 Å². The molecule has 0 unspecified atom stereocenters. The molecule has 118 valence electrons. The summed E-state index contributed by atoms with van der Waals surface area (Å²) < 4.78 is 5.47. The molecule has 5 atom stereocenters. The minimum Gasteiger partial charge on any atom is -0.396 e. The summed E-state index contributed by atoms with van der Waals surface area (Å²) in [5.41, 5.74) is 2.16. The van der Waals surface area contributed by atoms with Gasteiger partial charge in [-0.15, -0.1) is 0 Å². The smallest absolute Gasteiger partial charge is 0.0807 e. The highest BCUT2D eigenvalue weighted by Crippen LogP contribution is 2.22. The van der Waals surface area contributed by atoms with Crippen LogP contribution in [0.4, 0.5) is 0 Å². The Kier molecular flexibility index (Phi) is 9.03. The molecule has 0 aromatic rings. The molecule has 3 nitrogen and oxygen atoms in total. The molecule has 0 radical (unpaired) electrons. The quantitative estimate of drug-likeness (QED) is 0.673. The van der Waals surface area contributed by atoms with E-state index in [1.165, 1.54) is 5.57 Å². The van der Waals surface area contributed by atoms with Gasteiger partial charge in [-0.2, -0.15) is 0 Å². The van der Waals surface area contributed by atoms with Crippen molar-refractivity contribution in [3.8, 4) is 0 Å². The molecule has 0 rings (SSSR count). The molecule has 0 aliphatic heterocycles. The van der Waals surface area contributed by atoms with E-state index in [-0.39, 0.29) is 30.5 Å². The minimum atomic E-state index is -0.478. The molecular weight excluding hydrogens is 252 g/mol. The molecule has 0 fully saturated rings. The van der Waals surface area contributed by atoms with Gasteiger partial charge in [-0.25, -0.2) is 0 Å². The predicted octanol–water partition coefficient (Wildman–Crippen LogP) is 3.18. The maximum atomic E-state index is 10.3. The van der Waals surface area contributed by atoms with Gasteiger partial charge in [0.05, 0.1) is 12.2 Å². The lowest BCUT2D eigenvalue weighted by molar-refractivity contribution is 0.0101. The van der Waals surface area contributed by atoms with Crippen molar-refractivity contribution in [3.05, 3.63) is 23.3 Å². The monoisotopic (exact) mass is 284 g/mol. The van der Waals surface area contributed by atoms with Gasteiger partial charge < -0.3 is 14.9 Å². The van der Waals surface area contributed by atoms with Gasteiger partial charge in [0.1, 0.15) is 0 Å². The standard InChI is InChI=1S/C17H32O3/c1-11(2)8-12(3)16(19)13(4)9-14(5)17(20-7)15(6)10-18/h8-9,12,14-19H,10H2,1-7H3/b13-9+/t12-,14-,15+,16+,17-/m0/s1. The fourth-order valence-corrected chi connectivity index (χ4v) is 2.71. The molecule has 0 aliphatic rings. The third-order valence-corrected chi connectivity index (χ3v) is 3.73. The van der Waals surface area contributed by atoms with E-state index in [0.29, 0.717) is 0 Å². The van der Waals surface area contributed by atoms with Crippen molar-refractivity contribution in [2.75, 3.05) is 13.7 Å². The zero-order valence-corrected chi connectivity index (χ0v) is 14.1. The minimum absolute atomic E-state index is 0.0408. The Morgan fingerprint density at radius 2 is 1.60 bits per heavy atom. The van der Waals surface area contributed by atoms with Crippen molar-refractivity contribution >= 4 is 0 Å². The second-order valence-corrected chi connectivity index (χ2v) is 6.18. The number of hydrogen-bond donors (Lipinski definition) is 2. The van der Waals surface area contributed by atoms with Gasteiger partial charge in [-0.3, -0.25) is 0 Å². The number of aliphatic hydroxyl groups is 2. The maximum absolute atomic E-state index is 10.3. The molecule has 0 spiro atoms. The zero-order chi connectivity index (χ0) is 15.9. The van der Waals surface area contributed by atoms with Crippen LogP contribution in [-0.4, -0.2) is 36.1 Å².